The second-order valence-corrected chi connectivity index (χ2v) is 8.31. The van der Waals surface area contributed by atoms with E-state index in [0.717, 1.165) is 6.20 Å². The third-order valence-corrected chi connectivity index (χ3v) is 5.93. The van der Waals surface area contributed by atoms with E-state index >= 15 is 0 Å². The van der Waals surface area contributed by atoms with Crippen LogP contribution in [0.2, 0.25) is 5.02 Å². The number of halogens is 5. The van der Waals surface area contributed by atoms with E-state index in [1.807, 2.05) is 0 Å². The van der Waals surface area contributed by atoms with Gasteiger partial charge in [0, 0.05) is 11.6 Å². The molecule has 0 bridgehead atoms. The Bertz CT molecular complexity index is 1380. The van der Waals surface area contributed by atoms with Crippen LogP contribution in [-0.2, 0) is 6.18 Å². The van der Waals surface area contributed by atoms with Gasteiger partial charge in [-0.05, 0) is 49.2 Å². The largest absolute Gasteiger partial charge is 0.434 e. The molecule has 12 heteroatoms. The van der Waals surface area contributed by atoms with E-state index in [2.05, 4.69) is 15.3 Å². The molecule has 1 aliphatic rings. The third kappa shape index (κ3) is 4.27. The maximum atomic E-state index is 14.1. The second kappa shape index (κ2) is 8.81. The number of hydrogen-bond acceptors (Lipinski definition) is 5. The van der Waals surface area contributed by atoms with Gasteiger partial charge in [0.15, 0.2) is 5.69 Å². The SMILES string of the molecule is O=C(c1cnn(-c2ccc(Cl)cc2)c1C(F)(F)F)N1CCCC1c1nnc(-c2ccccc2F)o1. The molecule has 180 valence electrons. The summed E-state index contributed by atoms with van der Waals surface area (Å²) < 4.78 is 62.6. The lowest BCUT2D eigenvalue weighted by atomic mass is 10.1. The normalized spacial score (nSPS) is 16.1. The molecule has 4 aromatic rings. The van der Waals surface area contributed by atoms with Gasteiger partial charge >= 0.3 is 6.18 Å². The zero-order valence-corrected chi connectivity index (χ0v) is 18.6. The van der Waals surface area contributed by atoms with Crippen molar-refractivity contribution in [3.8, 4) is 17.1 Å². The highest BCUT2D eigenvalue weighted by Crippen LogP contribution is 2.38. The number of likely N-dealkylation sites (tertiary alicyclic amines) is 1. The Morgan fingerprint density at radius 1 is 1.09 bits per heavy atom. The number of rotatable bonds is 4. The van der Waals surface area contributed by atoms with Crippen LogP contribution in [0.1, 0.15) is 40.8 Å². The van der Waals surface area contributed by atoms with Crippen molar-refractivity contribution >= 4 is 17.5 Å². The summed E-state index contributed by atoms with van der Waals surface area (Å²) in [5.41, 5.74) is -1.61. The Balaban J connectivity index is 1.49. The molecule has 1 fully saturated rings. The number of benzene rings is 2. The van der Waals surface area contributed by atoms with E-state index in [4.69, 9.17) is 16.0 Å². The molecular formula is C23H16ClF4N5O2. The highest BCUT2D eigenvalue weighted by molar-refractivity contribution is 6.30. The molecule has 7 nitrogen and oxygen atoms in total. The van der Waals surface area contributed by atoms with E-state index in [-0.39, 0.29) is 29.6 Å². The second-order valence-electron chi connectivity index (χ2n) is 7.87. The molecule has 35 heavy (non-hydrogen) atoms. The number of carbonyl (C=O) groups excluding carboxylic acids is 1. The zero-order chi connectivity index (χ0) is 24.7. The van der Waals surface area contributed by atoms with E-state index in [0.29, 0.717) is 22.5 Å². The molecule has 1 saturated heterocycles. The van der Waals surface area contributed by atoms with Crippen LogP contribution in [0.3, 0.4) is 0 Å². The van der Waals surface area contributed by atoms with E-state index < -0.39 is 35.2 Å². The summed E-state index contributed by atoms with van der Waals surface area (Å²) >= 11 is 5.84. The number of carbonyl (C=O) groups is 1. The predicted octanol–water partition coefficient (Wildman–Crippen LogP) is 5.71. The van der Waals surface area contributed by atoms with E-state index in [1.54, 1.807) is 6.07 Å². The number of amides is 1. The van der Waals surface area contributed by atoms with Crippen LogP contribution < -0.4 is 0 Å². The number of aromatic nitrogens is 4. The minimum Gasteiger partial charge on any atom is -0.418 e. The first-order valence-corrected chi connectivity index (χ1v) is 10.9. The molecule has 0 saturated carbocycles. The number of hydrogen-bond donors (Lipinski definition) is 0. The molecule has 1 aliphatic heterocycles. The summed E-state index contributed by atoms with van der Waals surface area (Å²) in [5.74, 6) is -1.49. The summed E-state index contributed by atoms with van der Waals surface area (Å²) in [6, 6.07) is 10.7. The minimum atomic E-state index is -4.86. The fraction of sp³-hybridized carbons (Fsp3) is 0.217. The van der Waals surface area contributed by atoms with Crippen LogP contribution in [0.15, 0.2) is 59.1 Å². The maximum absolute atomic E-state index is 14.1. The van der Waals surface area contributed by atoms with E-state index in [9.17, 15) is 22.4 Å². The first-order valence-electron chi connectivity index (χ1n) is 10.5. The van der Waals surface area contributed by atoms with Crippen molar-refractivity contribution in [1.29, 1.82) is 0 Å². The minimum absolute atomic E-state index is 0.0211. The van der Waals surface area contributed by atoms with Gasteiger partial charge in [-0.3, -0.25) is 4.79 Å². The van der Waals surface area contributed by atoms with Crippen LogP contribution in [0, 0.1) is 5.82 Å². The quantitative estimate of drug-likeness (QED) is 0.332. The van der Waals surface area contributed by atoms with Gasteiger partial charge in [-0.1, -0.05) is 23.7 Å². The topological polar surface area (TPSA) is 77.1 Å². The Labute approximate surface area is 200 Å². The Hall–Kier alpha value is -3.73. The fourth-order valence-electron chi connectivity index (χ4n) is 4.09. The lowest BCUT2D eigenvalue weighted by Gasteiger charge is -2.22. The van der Waals surface area contributed by atoms with Crippen molar-refractivity contribution in [2.75, 3.05) is 6.54 Å². The van der Waals surface area contributed by atoms with E-state index in [1.165, 1.54) is 47.4 Å². The zero-order valence-electron chi connectivity index (χ0n) is 17.8. The van der Waals surface area contributed by atoms with Crippen LogP contribution >= 0.6 is 11.6 Å². The van der Waals surface area contributed by atoms with Crippen molar-refractivity contribution in [3.63, 3.8) is 0 Å². The van der Waals surface area contributed by atoms with Gasteiger partial charge in [0.25, 0.3) is 11.8 Å². The summed E-state index contributed by atoms with van der Waals surface area (Å²) in [4.78, 5) is 14.6. The molecule has 1 unspecified atom stereocenters. The Kier molecular flexibility index (Phi) is 5.79. The van der Waals surface area contributed by atoms with Gasteiger partial charge < -0.3 is 9.32 Å². The molecule has 0 N–H and O–H groups in total. The molecule has 1 atom stereocenters. The average molecular weight is 506 g/mol. The van der Waals surface area contributed by atoms with Gasteiger partial charge in [0.2, 0.25) is 5.89 Å². The lowest BCUT2D eigenvalue weighted by molar-refractivity contribution is -0.143. The summed E-state index contributed by atoms with van der Waals surface area (Å²) in [6.07, 6.45) is -3.05. The smallest absolute Gasteiger partial charge is 0.418 e. The van der Waals surface area contributed by atoms with Gasteiger partial charge in [0.1, 0.15) is 11.9 Å². The molecule has 1 amide bonds. The highest BCUT2D eigenvalue weighted by atomic mass is 35.5. The molecule has 0 spiro atoms. The van der Waals surface area contributed by atoms with Crippen molar-refractivity contribution in [1.82, 2.24) is 24.9 Å². The van der Waals surface area contributed by atoms with Crippen LogP contribution in [-0.4, -0.2) is 37.3 Å². The molecule has 3 heterocycles. The predicted molar refractivity (Wildman–Crippen MR) is 116 cm³/mol. The molecule has 0 radical (unpaired) electrons. The van der Waals surface area contributed by atoms with Gasteiger partial charge in [-0.2, -0.15) is 18.3 Å². The molecule has 2 aromatic carbocycles. The van der Waals surface area contributed by atoms with Crippen molar-refractivity contribution < 1.29 is 26.8 Å². The number of nitrogens with zero attached hydrogens (tertiary/aromatic N) is 5. The fourth-order valence-corrected chi connectivity index (χ4v) is 4.22. The summed E-state index contributed by atoms with van der Waals surface area (Å²) in [5, 5.41) is 12.0. The lowest BCUT2D eigenvalue weighted by Crippen LogP contribution is -2.32. The molecule has 0 aliphatic carbocycles. The summed E-state index contributed by atoms with van der Waals surface area (Å²) in [7, 11) is 0. The average Bonchev–Trinajstić information content (AvgIpc) is 3.57. The standard InChI is InChI=1S/C23H16ClF4N5O2/c24-13-7-9-14(10-8-13)33-19(23(26,27)28)16(12-29-33)22(34)32-11-3-6-18(32)21-31-30-20(35-21)15-4-1-2-5-17(15)25/h1-2,4-5,7-10,12,18H,3,6,11H2. The molecular weight excluding hydrogens is 490 g/mol. The molecule has 5 rings (SSSR count). The van der Waals surface area contributed by atoms with Gasteiger partial charge in [-0.15, -0.1) is 10.2 Å². The van der Waals surface area contributed by atoms with Crippen molar-refractivity contribution in [3.05, 3.63) is 82.7 Å². The Morgan fingerprint density at radius 2 is 1.83 bits per heavy atom. The van der Waals surface area contributed by atoms with Crippen molar-refractivity contribution in [2.24, 2.45) is 0 Å². The number of alkyl halides is 3. The first-order chi connectivity index (χ1) is 16.7. The first kappa shape index (κ1) is 23.0. The third-order valence-electron chi connectivity index (χ3n) is 5.68. The van der Waals surface area contributed by atoms with Gasteiger partial charge in [0.05, 0.1) is 23.0 Å². The van der Waals surface area contributed by atoms with Crippen LogP contribution in [0.4, 0.5) is 17.6 Å². The van der Waals surface area contributed by atoms with Gasteiger partial charge in [-0.25, -0.2) is 9.07 Å². The summed E-state index contributed by atoms with van der Waals surface area (Å²) in [6.45, 7) is 0.185. The highest BCUT2D eigenvalue weighted by Gasteiger charge is 2.43. The Morgan fingerprint density at radius 3 is 2.54 bits per heavy atom. The monoisotopic (exact) mass is 505 g/mol. The van der Waals surface area contributed by atoms with Crippen LogP contribution in [0.25, 0.3) is 17.1 Å². The van der Waals surface area contributed by atoms with Crippen molar-refractivity contribution in [2.45, 2.75) is 25.1 Å². The maximum Gasteiger partial charge on any atom is 0.434 e. The molecule has 2 aromatic heterocycles. The van der Waals surface area contributed by atoms with Crippen LogP contribution in [0.5, 0.6) is 0 Å².